The fraction of sp³-hybridized carbons (Fsp3) is 0.923. The highest BCUT2D eigenvalue weighted by Gasteiger charge is 2.36. The average molecular weight is 257 g/mol. The Bertz CT molecular complexity index is 278. The summed E-state index contributed by atoms with van der Waals surface area (Å²) in [5, 5.41) is 9.65. The van der Waals surface area contributed by atoms with Crippen LogP contribution in [0.4, 0.5) is 0 Å². The molecule has 3 atom stereocenters. The van der Waals surface area contributed by atoms with E-state index in [0.717, 1.165) is 38.8 Å². The lowest BCUT2D eigenvalue weighted by Crippen LogP contribution is -2.37. The van der Waals surface area contributed by atoms with E-state index in [-0.39, 0.29) is 12.0 Å². The zero-order valence-electron chi connectivity index (χ0n) is 11.0. The van der Waals surface area contributed by atoms with Crippen molar-refractivity contribution in [1.82, 2.24) is 4.90 Å². The fourth-order valence-corrected chi connectivity index (χ4v) is 2.90. The van der Waals surface area contributed by atoms with Gasteiger partial charge >= 0.3 is 5.97 Å². The zero-order valence-corrected chi connectivity index (χ0v) is 11.0. The van der Waals surface area contributed by atoms with Crippen molar-refractivity contribution in [2.24, 2.45) is 0 Å². The van der Waals surface area contributed by atoms with Crippen LogP contribution in [0.15, 0.2) is 0 Å². The van der Waals surface area contributed by atoms with Crippen LogP contribution in [0.25, 0.3) is 0 Å². The van der Waals surface area contributed by atoms with Gasteiger partial charge in [-0.15, -0.1) is 0 Å². The molecule has 0 saturated carbocycles. The maximum absolute atomic E-state index is 11.6. The second-order valence-corrected chi connectivity index (χ2v) is 5.20. The summed E-state index contributed by atoms with van der Waals surface area (Å²) in [7, 11) is 1.40. The van der Waals surface area contributed by atoms with Crippen molar-refractivity contribution in [3.8, 4) is 0 Å². The number of hydrogen-bond acceptors (Lipinski definition) is 5. The lowest BCUT2D eigenvalue weighted by molar-refractivity contribution is -0.145. The van der Waals surface area contributed by atoms with E-state index >= 15 is 0 Å². The monoisotopic (exact) mass is 257 g/mol. The maximum atomic E-state index is 11.6. The first-order valence-corrected chi connectivity index (χ1v) is 6.82. The summed E-state index contributed by atoms with van der Waals surface area (Å²) in [6.45, 7) is 2.29. The number of nitrogens with zero attached hydrogens (tertiary/aromatic N) is 1. The molecule has 0 amide bonds. The van der Waals surface area contributed by atoms with Crippen molar-refractivity contribution in [3.05, 3.63) is 0 Å². The number of esters is 1. The number of rotatable bonds is 5. The summed E-state index contributed by atoms with van der Waals surface area (Å²) in [6, 6.07) is -0.269. The zero-order chi connectivity index (χ0) is 13.0. The van der Waals surface area contributed by atoms with Gasteiger partial charge in [0.1, 0.15) is 6.04 Å². The van der Waals surface area contributed by atoms with Crippen LogP contribution in [0.3, 0.4) is 0 Å². The first kappa shape index (κ1) is 13.8. The smallest absolute Gasteiger partial charge is 0.323 e. The summed E-state index contributed by atoms with van der Waals surface area (Å²) in [6.07, 6.45) is 4.85. The van der Waals surface area contributed by atoms with Crippen molar-refractivity contribution in [1.29, 1.82) is 0 Å². The molecule has 0 spiro atoms. The Morgan fingerprint density at radius 3 is 3.06 bits per heavy atom. The van der Waals surface area contributed by atoms with Crippen molar-refractivity contribution in [2.45, 2.75) is 50.4 Å². The Morgan fingerprint density at radius 1 is 1.56 bits per heavy atom. The molecular formula is C13H23NO4. The molecule has 18 heavy (non-hydrogen) atoms. The van der Waals surface area contributed by atoms with Crippen LogP contribution in [0.2, 0.25) is 0 Å². The third-order valence-corrected chi connectivity index (χ3v) is 3.85. The van der Waals surface area contributed by atoms with E-state index in [1.54, 1.807) is 0 Å². The average Bonchev–Trinajstić information content (AvgIpc) is 2.98. The summed E-state index contributed by atoms with van der Waals surface area (Å²) >= 11 is 0. The van der Waals surface area contributed by atoms with Crippen molar-refractivity contribution >= 4 is 5.97 Å². The standard InChI is InChI=1S/C13H23NO4/c1-17-13(16)12-8-10(15)9-14(12)6-2-4-11-5-3-7-18-11/h10-12,15H,2-9H2,1H3. The quantitative estimate of drug-likeness (QED) is 0.729. The minimum Gasteiger partial charge on any atom is -0.468 e. The lowest BCUT2D eigenvalue weighted by atomic mass is 10.1. The number of methoxy groups -OCH3 is 1. The number of hydrogen-bond donors (Lipinski definition) is 1. The SMILES string of the molecule is COC(=O)C1CC(O)CN1CCCC1CCCO1. The van der Waals surface area contributed by atoms with E-state index in [9.17, 15) is 9.90 Å². The Labute approximate surface area is 108 Å². The number of ether oxygens (including phenoxy) is 2. The molecule has 2 saturated heterocycles. The molecule has 2 heterocycles. The number of likely N-dealkylation sites (tertiary alicyclic amines) is 1. The molecule has 0 aliphatic carbocycles. The molecule has 104 valence electrons. The van der Waals surface area contributed by atoms with Crippen LogP contribution in [-0.2, 0) is 14.3 Å². The highest BCUT2D eigenvalue weighted by Crippen LogP contribution is 2.21. The van der Waals surface area contributed by atoms with Crippen LogP contribution >= 0.6 is 0 Å². The van der Waals surface area contributed by atoms with Gasteiger partial charge in [-0.2, -0.15) is 0 Å². The molecule has 2 aliphatic rings. The summed E-state index contributed by atoms with van der Waals surface area (Å²) in [5.74, 6) is -0.233. The van der Waals surface area contributed by atoms with E-state index in [1.807, 2.05) is 4.90 Å². The van der Waals surface area contributed by atoms with Crippen LogP contribution in [0, 0.1) is 0 Å². The largest absolute Gasteiger partial charge is 0.468 e. The predicted octanol–water partition coefficient (Wildman–Crippen LogP) is 0.554. The van der Waals surface area contributed by atoms with E-state index < -0.39 is 6.10 Å². The van der Waals surface area contributed by atoms with Gasteiger partial charge in [0, 0.05) is 19.6 Å². The van der Waals surface area contributed by atoms with E-state index in [4.69, 9.17) is 9.47 Å². The molecule has 0 radical (unpaired) electrons. The predicted molar refractivity (Wildman–Crippen MR) is 66.2 cm³/mol. The molecular weight excluding hydrogens is 234 g/mol. The van der Waals surface area contributed by atoms with Gasteiger partial charge in [0.2, 0.25) is 0 Å². The lowest BCUT2D eigenvalue weighted by Gasteiger charge is -2.22. The second-order valence-electron chi connectivity index (χ2n) is 5.20. The third-order valence-electron chi connectivity index (χ3n) is 3.85. The normalized spacial score (nSPS) is 32.9. The van der Waals surface area contributed by atoms with Gasteiger partial charge in [0.15, 0.2) is 0 Å². The van der Waals surface area contributed by atoms with Gasteiger partial charge in [0.25, 0.3) is 0 Å². The summed E-state index contributed by atoms with van der Waals surface area (Å²) in [5.41, 5.74) is 0. The molecule has 0 bridgehead atoms. The first-order valence-electron chi connectivity index (χ1n) is 6.82. The Balaban J connectivity index is 1.74. The molecule has 3 unspecified atom stereocenters. The second kappa shape index (κ2) is 6.50. The molecule has 2 rings (SSSR count). The van der Waals surface area contributed by atoms with E-state index in [0.29, 0.717) is 19.1 Å². The third kappa shape index (κ3) is 3.43. The number of aliphatic hydroxyl groups excluding tert-OH is 1. The minimum absolute atomic E-state index is 0.233. The van der Waals surface area contributed by atoms with Crippen LogP contribution in [-0.4, -0.2) is 61.0 Å². The fourth-order valence-electron chi connectivity index (χ4n) is 2.90. The van der Waals surface area contributed by atoms with Crippen molar-refractivity contribution in [2.75, 3.05) is 26.8 Å². The van der Waals surface area contributed by atoms with Crippen LogP contribution in [0.1, 0.15) is 32.1 Å². The Kier molecular flexibility index (Phi) is 4.97. The highest BCUT2D eigenvalue weighted by atomic mass is 16.5. The van der Waals surface area contributed by atoms with Gasteiger partial charge in [-0.1, -0.05) is 0 Å². The Hall–Kier alpha value is -0.650. The summed E-state index contributed by atoms with van der Waals surface area (Å²) < 4.78 is 10.4. The molecule has 5 heteroatoms. The highest BCUT2D eigenvalue weighted by molar-refractivity contribution is 5.76. The molecule has 1 N–H and O–H groups in total. The maximum Gasteiger partial charge on any atom is 0.323 e. The Morgan fingerprint density at radius 2 is 2.39 bits per heavy atom. The van der Waals surface area contributed by atoms with Crippen LogP contribution in [0.5, 0.6) is 0 Å². The number of carbonyl (C=O) groups excluding carboxylic acids is 1. The van der Waals surface area contributed by atoms with E-state index in [1.165, 1.54) is 7.11 Å². The van der Waals surface area contributed by atoms with Gasteiger partial charge in [-0.25, -0.2) is 0 Å². The molecule has 0 aromatic heterocycles. The molecule has 2 fully saturated rings. The van der Waals surface area contributed by atoms with Crippen molar-refractivity contribution < 1.29 is 19.4 Å². The first-order chi connectivity index (χ1) is 8.70. The van der Waals surface area contributed by atoms with Crippen LogP contribution < -0.4 is 0 Å². The minimum atomic E-state index is -0.406. The van der Waals surface area contributed by atoms with Gasteiger partial charge in [0.05, 0.1) is 19.3 Å². The number of β-amino-alcohol motifs (C(OH)–C–C–N with tert-alkyl or cyclic N) is 1. The molecule has 5 nitrogen and oxygen atoms in total. The van der Waals surface area contributed by atoms with Gasteiger partial charge in [-0.3, -0.25) is 9.69 Å². The topological polar surface area (TPSA) is 59.0 Å². The molecule has 0 aromatic carbocycles. The molecule has 2 aliphatic heterocycles. The van der Waals surface area contributed by atoms with E-state index in [2.05, 4.69) is 0 Å². The number of carbonyl (C=O) groups is 1. The molecule has 0 aromatic rings. The van der Waals surface area contributed by atoms with Crippen molar-refractivity contribution in [3.63, 3.8) is 0 Å². The van der Waals surface area contributed by atoms with Gasteiger partial charge < -0.3 is 14.6 Å². The van der Waals surface area contributed by atoms with Gasteiger partial charge in [-0.05, 0) is 32.2 Å². The number of aliphatic hydroxyl groups is 1. The summed E-state index contributed by atoms with van der Waals surface area (Å²) in [4.78, 5) is 13.6.